The Hall–Kier alpha value is -1.10. The lowest BCUT2D eigenvalue weighted by atomic mass is 9.88. The molecular weight excluding hydrogens is 266 g/mol. The highest BCUT2D eigenvalue weighted by Gasteiger charge is 2.34. The molecule has 120 valence electrons. The summed E-state index contributed by atoms with van der Waals surface area (Å²) in [5, 5.41) is 5.75. The second-order valence-corrected chi connectivity index (χ2v) is 7.59. The molecule has 2 saturated heterocycles. The lowest BCUT2D eigenvalue weighted by Gasteiger charge is -2.45. The number of carbonyl (C=O) groups excluding carboxylic acids is 2. The highest BCUT2D eigenvalue weighted by atomic mass is 16.2. The summed E-state index contributed by atoms with van der Waals surface area (Å²) in [6.45, 7) is 12.3. The Kier molecular flexibility index (Phi) is 4.91. The van der Waals surface area contributed by atoms with Gasteiger partial charge in [0.1, 0.15) is 0 Å². The van der Waals surface area contributed by atoms with Gasteiger partial charge in [-0.3, -0.25) is 14.5 Å². The lowest BCUT2D eigenvalue weighted by molar-refractivity contribution is -0.127. The van der Waals surface area contributed by atoms with Gasteiger partial charge in [-0.25, -0.2) is 0 Å². The highest BCUT2D eigenvalue weighted by molar-refractivity contribution is 5.89. The van der Waals surface area contributed by atoms with E-state index in [4.69, 9.17) is 0 Å². The van der Waals surface area contributed by atoms with Crippen LogP contribution in [0.5, 0.6) is 0 Å². The molecule has 2 fully saturated rings. The fourth-order valence-corrected chi connectivity index (χ4v) is 3.51. The van der Waals surface area contributed by atoms with Crippen LogP contribution in [0.3, 0.4) is 0 Å². The molecule has 0 saturated carbocycles. The molecular formula is C16H29N3O2. The SMILES string of the molecule is CC1CC(C)CN(C(C)(C)CNC(=O)C2CNC(=O)C2)C1. The van der Waals surface area contributed by atoms with Gasteiger partial charge in [0.05, 0.1) is 5.92 Å². The van der Waals surface area contributed by atoms with Crippen LogP contribution in [-0.2, 0) is 9.59 Å². The fraction of sp³-hybridized carbons (Fsp3) is 0.875. The van der Waals surface area contributed by atoms with E-state index >= 15 is 0 Å². The maximum absolute atomic E-state index is 12.1. The van der Waals surface area contributed by atoms with Crippen LogP contribution in [0.25, 0.3) is 0 Å². The molecule has 21 heavy (non-hydrogen) atoms. The first-order valence-corrected chi connectivity index (χ1v) is 8.07. The molecule has 0 aromatic heterocycles. The van der Waals surface area contributed by atoms with Crippen LogP contribution in [0.15, 0.2) is 0 Å². The monoisotopic (exact) mass is 295 g/mol. The topological polar surface area (TPSA) is 61.4 Å². The fourth-order valence-electron chi connectivity index (χ4n) is 3.51. The van der Waals surface area contributed by atoms with Gasteiger partial charge in [-0.05, 0) is 32.1 Å². The van der Waals surface area contributed by atoms with E-state index in [1.807, 2.05) is 0 Å². The van der Waals surface area contributed by atoms with Crippen molar-refractivity contribution in [2.75, 3.05) is 26.2 Å². The van der Waals surface area contributed by atoms with E-state index < -0.39 is 0 Å². The molecule has 5 nitrogen and oxygen atoms in total. The molecule has 2 aliphatic heterocycles. The average Bonchev–Trinajstić information content (AvgIpc) is 2.82. The Bertz CT molecular complexity index is 398. The van der Waals surface area contributed by atoms with Crippen LogP contribution in [0.1, 0.15) is 40.5 Å². The Labute approximate surface area is 127 Å². The van der Waals surface area contributed by atoms with Crippen molar-refractivity contribution in [3.05, 3.63) is 0 Å². The number of amides is 2. The predicted molar refractivity (Wildman–Crippen MR) is 82.7 cm³/mol. The van der Waals surface area contributed by atoms with E-state index in [2.05, 4.69) is 43.2 Å². The molecule has 2 heterocycles. The second kappa shape index (κ2) is 6.34. The van der Waals surface area contributed by atoms with Crippen LogP contribution in [0.2, 0.25) is 0 Å². The third kappa shape index (κ3) is 4.19. The van der Waals surface area contributed by atoms with Gasteiger partial charge in [0, 0.05) is 38.1 Å². The third-order valence-electron chi connectivity index (χ3n) is 4.77. The zero-order valence-corrected chi connectivity index (χ0v) is 13.7. The molecule has 0 bridgehead atoms. The van der Waals surface area contributed by atoms with Crippen LogP contribution < -0.4 is 10.6 Å². The minimum absolute atomic E-state index is 0.000434. The van der Waals surface area contributed by atoms with E-state index in [9.17, 15) is 9.59 Å². The minimum Gasteiger partial charge on any atom is -0.355 e. The second-order valence-electron chi connectivity index (χ2n) is 7.59. The quantitative estimate of drug-likeness (QED) is 0.813. The number of carbonyl (C=O) groups is 2. The number of hydrogen-bond acceptors (Lipinski definition) is 3. The molecule has 2 N–H and O–H groups in total. The van der Waals surface area contributed by atoms with Crippen molar-refractivity contribution in [1.29, 1.82) is 0 Å². The third-order valence-corrected chi connectivity index (χ3v) is 4.77. The standard InChI is InChI=1S/C16H29N3O2/c1-11-5-12(2)9-19(8-11)16(3,4)10-18-15(21)13-6-14(20)17-7-13/h11-13H,5-10H2,1-4H3,(H,17,20)(H,18,21). The molecule has 0 radical (unpaired) electrons. The van der Waals surface area contributed by atoms with E-state index in [-0.39, 0.29) is 23.3 Å². The van der Waals surface area contributed by atoms with Crippen LogP contribution >= 0.6 is 0 Å². The summed E-state index contributed by atoms with van der Waals surface area (Å²) in [6, 6.07) is 0. The van der Waals surface area contributed by atoms with Crippen molar-refractivity contribution in [3.8, 4) is 0 Å². The van der Waals surface area contributed by atoms with Crippen molar-refractivity contribution in [1.82, 2.24) is 15.5 Å². The van der Waals surface area contributed by atoms with Gasteiger partial charge < -0.3 is 10.6 Å². The maximum atomic E-state index is 12.1. The molecule has 0 spiro atoms. The Morgan fingerprint density at radius 2 is 1.95 bits per heavy atom. The summed E-state index contributed by atoms with van der Waals surface area (Å²) in [6.07, 6.45) is 1.61. The number of nitrogens with zero attached hydrogens (tertiary/aromatic N) is 1. The summed E-state index contributed by atoms with van der Waals surface area (Å²) < 4.78 is 0. The van der Waals surface area contributed by atoms with Gasteiger partial charge in [-0.15, -0.1) is 0 Å². The predicted octanol–water partition coefficient (Wildman–Crippen LogP) is 0.995. The number of likely N-dealkylation sites (tertiary alicyclic amines) is 1. The summed E-state index contributed by atoms with van der Waals surface area (Å²) >= 11 is 0. The van der Waals surface area contributed by atoms with Crippen molar-refractivity contribution >= 4 is 11.8 Å². The van der Waals surface area contributed by atoms with Gasteiger partial charge in [0.2, 0.25) is 11.8 Å². The summed E-state index contributed by atoms with van der Waals surface area (Å²) in [7, 11) is 0. The molecule has 0 aromatic rings. The average molecular weight is 295 g/mol. The molecule has 2 amide bonds. The molecule has 3 unspecified atom stereocenters. The Morgan fingerprint density at radius 3 is 2.48 bits per heavy atom. The molecule has 3 atom stereocenters. The van der Waals surface area contributed by atoms with Crippen molar-refractivity contribution in [2.45, 2.75) is 46.1 Å². The summed E-state index contributed by atoms with van der Waals surface area (Å²) in [4.78, 5) is 25.8. The van der Waals surface area contributed by atoms with Crippen molar-refractivity contribution in [3.63, 3.8) is 0 Å². The van der Waals surface area contributed by atoms with Crippen LogP contribution in [-0.4, -0.2) is 48.4 Å². The highest BCUT2D eigenvalue weighted by Crippen LogP contribution is 2.27. The van der Waals surface area contributed by atoms with Crippen molar-refractivity contribution < 1.29 is 9.59 Å². The first-order chi connectivity index (χ1) is 9.78. The summed E-state index contributed by atoms with van der Waals surface area (Å²) in [5.41, 5.74) is -0.0470. The smallest absolute Gasteiger partial charge is 0.225 e. The first kappa shape index (κ1) is 16.3. The number of nitrogens with one attached hydrogen (secondary N) is 2. The van der Waals surface area contributed by atoms with E-state index in [1.165, 1.54) is 6.42 Å². The van der Waals surface area contributed by atoms with Crippen LogP contribution in [0, 0.1) is 17.8 Å². The minimum atomic E-state index is -0.201. The molecule has 0 aliphatic carbocycles. The molecule has 5 heteroatoms. The van der Waals surface area contributed by atoms with E-state index in [1.54, 1.807) is 0 Å². The van der Waals surface area contributed by atoms with Gasteiger partial charge in [-0.1, -0.05) is 13.8 Å². The van der Waals surface area contributed by atoms with Gasteiger partial charge in [0.25, 0.3) is 0 Å². The van der Waals surface area contributed by atoms with Crippen molar-refractivity contribution in [2.24, 2.45) is 17.8 Å². The van der Waals surface area contributed by atoms with Gasteiger partial charge in [-0.2, -0.15) is 0 Å². The normalized spacial score (nSPS) is 31.0. The number of hydrogen-bond donors (Lipinski definition) is 2. The van der Waals surface area contributed by atoms with E-state index in [0.29, 0.717) is 31.3 Å². The van der Waals surface area contributed by atoms with Gasteiger partial charge >= 0.3 is 0 Å². The van der Waals surface area contributed by atoms with Crippen LogP contribution in [0.4, 0.5) is 0 Å². The molecule has 2 aliphatic rings. The molecule has 2 rings (SSSR count). The lowest BCUT2D eigenvalue weighted by Crippen LogP contribution is -2.56. The number of rotatable bonds is 4. The summed E-state index contributed by atoms with van der Waals surface area (Å²) in [5.74, 6) is 1.20. The Morgan fingerprint density at radius 1 is 1.33 bits per heavy atom. The first-order valence-electron chi connectivity index (χ1n) is 8.07. The largest absolute Gasteiger partial charge is 0.355 e. The van der Waals surface area contributed by atoms with Gasteiger partial charge in [0.15, 0.2) is 0 Å². The zero-order valence-electron chi connectivity index (χ0n) is 13.7. The number of piperidine rings is 1. The zero-order chi connectivity index (χ0) is 15.6. The maximum Gasteiger partial charge on any atom is 0.225 e. The van der Waals surface area contributed by atoms with E-state index in [0.717, 1.165) is 13.1 Å². The Balaban J connectivity index is 1.85. The molecule has 0 aromatic carbocycles.